The van der Waals surface area contributed by atoms with Crippen LogP contribution in [-0.2, 0) is 0 Å². The molecule has 0 spiro atoms. The standard InChI is InChI=1S/C13H26N/c1-2-3-4-5-8-11-14-12-13-9-6-7-10-13/h13H,2-12H2,1H3. The van der Waals surface area contributed by atoms with E-state index in [0.717, 1.165) is 19.0 Å². The quantitative estimate of drug-likeness (QED) is 0.525. The summed E-state index contributed by atoms with van der Waals surface area (Å²) in [6.45, 7) is 4.55. The van der Waals surface area contributed by atoms with Gasteiger partial charge in [-0.25, -0.2) is 5.32 Å². The molecule has 0 saturated heterocycles. The van der Waals surface area contributed by atoms with E-state index < -0.39 is 0 Å². The van der Waals surface area contributed by atoms with Crippen LogP contribution in [0.15, 0.2) is 0 Å². The summed E-state index contributed by atoms with van der Waals surface area (Å²) in [6, 6.07) is 0. The van der Waals surface area contributed by atoms with Crippen molar-refractivity contribution in [2.24, 2.45) is 5.92 Å². The van der Waals surface area contributed by atoms with Crippen LogP contribution in [0.4, 0.5) is 0 Å². The molecule has 83 valence electrons. The van der Waals surface area contributed by atoms with Crippen LogP contribution < -0.4 is 5.32 Å². The molecule has 0 unspecified atom stereocenters. The van der Waals surface area contributed by atoms with E-state index in [0.29, 0.717) is 0 Å². The highest BCUT2D eigenvalue weighted by Gasteiger charge is 2.14. The zero-order valence-corrected chi connectivity index (χ0v) is 9.80. The first-order chi connectivity index (χ1) is 6.93. The third-order valence-electron chi connectivity index (χ3n) is 3.28. The van der Waals surface area contributed by atoms with Crippen molar-refractivity contribution in [3.05, 3.63) is 0 Å². The van der Waals surface area contributed by atoms with Crippen molar-refractivity contribution in [2.75, 3.05) is 13.1 Å². The molecule has 1 aliphatic carbocycles. The lowest BCUT2D eigenvalue weighted by atomic mass is 10.1. The van der Waals surface area contributed by atoms with E-state index in [4.69, 9.17) is 0 Å². The zero-order chi connectivity index (χ0) is 10.1. The van der Waals surface area contributed by atoms with Crippen LogP contribution in [0.5, 0.6) is 0 Å². The van der Waals surface area contributed by atoms with Crippen LogP contribution in [0.2, 0.25) is 0 Å². The van der Waals surface area contributed by atoms with Gasteiger partial charge in [-0.3, -0.25) is 0 Å². The Labute approximate surface area is 89.7 Å². The van der Waals surface area contributed by atoms with Gasteiger partial charge in [0.15, 0.2) is 0 Å². The molecule has 1 radical (unpaired) electrons. The van der Waals surface area contributed by atoms with Crippen molar-refractivity contribution in [1.82, 2.24) is 5.32 Å². The molecule has 1 aliphatic rings. The van der Waals surface area contributed by atoms with Gasteiger partial charge in [-0.1, -0.05) is 45.4 Å². The lowest BCUT2D eigenvalue weighted by molar-refractivity contribution is 0.472. The van der Waals surface area contributed by atoms with E-state index in [9.17, 15) is 0 Å². The van der Waals surface area contributed by atoms with Crippen LogP contribution in [0.25, 0.3) is 0 Å². The molecule has 0 atom stereocenters. The molecule has 1 nitrogen and oxygen atoms in total. The second-order valence-corrected chi connectivity index (χ2v) is 4.69. The molecule has 1 rings (SSSR count). The van der Waals surface area contributed by atoms with Crippen LogP contribution in [-0.4, -0.2) is 13.1 Å². The van der Waals surface area contributed by atoms with Gasteiger partial charge in [0.1, 0.15) is 0 Å². The van der Waals surface area contributed by atoms with Gasteiger partial charge in [0, 0.05) is 13.1 Å². The minimum Gasteiger partial charge on any atom is -0.242 e. The molecule has 0 aliphatic heterocycles. The third kappa shape index (κ3) is 5.64. The number of rotatable bonds is 8. The van der Waals surface area contributed by atoms with E-state index in [1.807, 2.05) is 0 Å². The van der Waals surface area contributed by atoms with Gasteiger partial charge in [-0.2, -0.15) is 0 Å². The van der Waals surface area contributed by atoms with E-state index in [1.54, 1.807) is 0 Å². The topological polar surface area (TPSA) is 14.1 Å². The van der Waals surface area contributed by atoms with Gasteiger partial charge in [0.25, 0.3) is 0 Å². The fourth-order valence-electron chi connectivity index (χ4n) is 2.29. The van der Waals surface area contributed by atoms with Gasteiger partial charge < -0.3 is 0 Å². The molecule has 0 N–H and O–H groups in total. The summed E-state index contributed by atoms with van der Waals surface area (Å²) < 4.78 is 0. The predicted molar refractivity (Wildman–Crippen MR) is 62.6 cm³/mol. The first-order valence-corrected chi connectivity index (χ1v) is 6.56. The van der Waals surface area contributed by atoms with Crippen molar-refractivity contribution < 1.29 is 0 Å². The van der Waals surface area contributed by atoms with E-state index in [-0.39, 0.29) is 0 Å². The highest BCUT2D eigenvalue weighted by molar-refractivity contribution is 4.68. The highest BCUT2D eigenvalue weighted by atomic mass is 14.9. The summed E-state index contributed by atoms with van der Waals surface area (Å²) >= 11 is 0. The Morgan fingerprint density at radius 1 is 1.00 bits per heavy atom. The molecule has 1 heteroatoms. The van der Waals surface area contributed by atoms with E-state index >= 15 is 0 Å². The lowest BCUT2D eigenvalue weighted by Crippen LogP contribution is -2.15. The molecular weight excluding hydrogens is 170 g/mol. The Morgan fingerprint density at radius 2 is 1.71 bits per heavy atom. The van der Waals surface area contributed by atoms with Crippen LogP contribution in [0.3, 0.4) is 0 Å². The minimum atomic E-state index is 0.950. The number of nitrogens with zero attached hydrogens (tertiary/aromatic N) is 1. The first-order valence-electron chi connectivity index (χ1n) is 6.56. The summed E-state index contributed by atoms with van der Waals surface area (Å²) in [5.41, 5.74) is 0. The van der Waals surface area contributed by atoms with Crippen LogP contribution in [0.1, 0.15) is 64.7 Å². The van der Waals surface area contributed by atoms with Crippen molar-refractivity contribution >= 4 is 0 Å². The van der Waals surface area contributed by atoms with Gasteiger partial charge in [-0.05, 0) is 25.2 Å². The number of unbranched alkanes of at least 4 members (excludes halogenated alkanes) is 4. The maximum absolute atomic E-state index is 4.65. The van der Waals surface area contributed by atoms with Gasteiger partial charge in [0.2, 0.25) is 0 Å². The molecule has 1 saturated carbocycles. The molecule has 0 bridgehead atoms. The Morgan fingerprint density at radius 3 is 2.43 bits per heavy atom. The molecule has 14 heavy (non-hydrogen) atoms. The van der Waals surface area contributed by atoms with Gasteiger partial charge >= 0.3 is 0 Å². The normalized spacial score (nSPS) is 17.8. The maximum atomic E-state index is 4.65. The van der Waals surface area contributed by atoms with Gasteiger partial charge in [-0.15, -0.1) is 0 Å². The minimum absolute atomic E-state index is 0.950. The monoisotopic (exact) mass is 196 g/mol. The molecule has 0 amide bonds. The number of hydrogen-bond acceptors (Lipinski definition) is 0. The third-order valence-corrected chi connectivity index (χ3v) is 3.28. The Balaban J connectivity index is 1.75. The molecule has 0 aromatic carbocycles. The summed E-state index contributed by atoms with van der Waals surface area (Å²) in [4.78, 5) is 0. The lowest BCUT2D eigenvalue weighted by Gasteiger charge is -2.08. The molecule has 0 heterocycles. The fourth-order valence-corrected chi connectivity index (χ4v) is 2.29. The summed E-state index contributed by atoms with van der Waals surface area (Å²) in [5.74, 6) is 0.950. The summed E-state index contributed by atoms with van der Waals surface area (Å²) in [5, 5.41) is 4.65. The maximum Gasteiger partial charge on any atom is 0.0161 e. The largest absolute Gasteiger partial charge is 0.242 e. The molecular formula is C13H26N. The fraction of sp³-hybridized carbons (Fsp3) is 1.00. The second-order valence-electron chi connectivity index (χ2n) is 4.69. The summed E-state index contributed by atoms with van der Waals surface area (Å²) in [6.07, 6.45) is 12.7. The number of hydrogen-bond donors (Lipinski definition) is 0. The average Bonchev–Trinajstić information content (AvgIpc) is 2.69. The highest BCUT2D eigenvalue weighted by Crippen LogP contribution is 2.23. The van der Waals surface area contributed by atoms with Crippen molar-refractivity contribution in [3.63, 3.8) is 0 Å². The SMILES string of the molecule is CCCCCCC[N]CC1CCCC1. The van der Waals surface area contributed by atoms with Crippen molar-refractivity contribution in [1.29, 1.82) is 0 Å². The van der Waals surface area contributed by atoms with Crippen molar-refractivity contribution in [3.8, 4) is 0 Å². The Bertz CT molecular complexity index is 116. The molecule has 0 aromatic rings. The van der Waals surface area contributed by atoms with Crippen molar-refractivity contribution in [2.45, 2.75) is 64.7 Å². The average molecular weight is 196 g/mol. The zero-order valence-electron chi connectivity index (χ0n) is 9.80. The van der Waals surface area contributed by atoms with Crippen LogP contribution in [0, 0.1) is 5.92 Å². The second kappa shape index (κ2) is 8.28. The molecule has 0 aromatic heterocycles. The van der Waals surface area contributed by atoms with Gasteiger partial charge in [0.05, 0.1) is 0 Å². The predicted octanol–water partition coefficient (Wildman–Crippen LogP) is 3.75. The van der Waals surface area contributed by atoms with Crippen LogP contribution >= 0.6 is 0 Å². The Hall–Kier alpha value is -0.0400. The molecule has 1 fully saturated rings. The Kier molecular flexibility index (Phi) is 7.12. The first kappa shape index (κ1) is 12.0. The smallest absolute Gasteiger partial charge is 0.0161 e. The van der Waals surface area contributed by atoms with E-state index in [1.165, 1.54) is 57.8 Å². The summed E-state index contributed by atoms with van der Waals surface area (Å²) in [7, 11) is 0. The van der Waals surface area contributed by atoms with E-state index in [2.05, 4.69) is 12.2 Å².